The molecule has 0 radical (unpaired) electrons. The van der Waals surface area contributed by atoms with Gasteiger partial charge in [-0.1, -0.05) is 30.3 Å². The molecule has 1 aromatic heterocycles. The van der Waals surface area contributed by atoms with Crippen LogP contribution in [-0.4, -0.2) is 9.97 Å². The molecule has 1 heterocycles. The number of nitrogens with zero attached hydrogens (tertiary/aromatic N) is 2. The number of rotatable bonds is 1. The number of hydrogen-bond donors (Lipinski definition) is 1. The van der Waals surface area contributed by atoms with Gasteiger partial charge in [-0.05, 0) is 0 Å². The zero-order valence-electron chi connectivity index (χ0n) is 7.31. The first kappa shape index (κ1) is 8.62. The maximum atomic E-state index is 13.0. The zero-order chi connectivity index (χ0) is 9.97. The highest BCUT2D eigenvalue weighted by Gasteiger charge is 2.04. The summed E-state index contributed by atoms with van der Waals surface area (Å²) < 4.78 is 13.0. The molecule has 0 fully saturated rings. The molecule has 4 heteroatoms. The maximum absolute atomic E-state index is 13.0. The number of nitrogens with two attached hydrogens (primary N) is 1. The third-order valence-electron chi connectivity index (χ3n) is 1.83. The second-order valence-corrected chi connectivity index (χ2v) is 2.80. The van der Waals surface area contributed by atoms with E-state index in [1.54, 1.807) is 0 Å². The van der Waals surface area contributed by atoms with Gasteiger partial charge in [-0.2, -0.15) is 4.39 Å². The van der Waals surface area contributed by atoms with Crippen LogP contribution >= 0.6 is 0 Å². The van der Waals surface area contributed by atoms with Crippen LogP contribution in [0, 0.1) is 5.95 Å². The molecule has 0 amide bonds. The molecule has 3 nitrogen and oxygen atoms in total. The van der Waals surface area contributed by atoms with Crippen molar-refractivity contribution >= 4 is 5.82 Å². The van der Waals surface area contributed by atoms with Crippen molar-refractivity contribution in [3.05, 3.63) is 42.5 Å². The number of aromatic nitrogens is 2. The van der Waals surface area contributed by atoms with Crippen LogP contribution in [0.3, 0.4) is 0 Å². The number of hydrogen-bond acceptors (Lipinski definition) is 3. The molecular weight excluding hydrogens is 181 g/mol. The third kappa shape index (κ3) is 1.54. The SMILES string of the molecule is Nc1ncc(-c2ccccc2)nc1F. The van der Waals surface area contributed by atoms with Gasteiger partial charge in [-0.15, -0.1) is 0 Å². The highest BCUT2D eigenvalue weighted by Crippen LogP contribution is 2.16. The van der Waals surface area contributed by atoms with Gasteiger partial charge < -0.3 is 5.73 Å². The fourth-order valence-corrected chi connectivity index (χ4v) is 1.12. The Kier molecular flexibility index (Phi) is 2.10. The quantitative estimate of drug-likeness (QED) is 0.744. The molecule has 14 heavy (non-hydrogen) atoms. The van der Waals surface area contributed by atoms with Crippen LogP contribution in [0.25, 0.3) is 11.3 Å². The lowest BCUT2D eigenvalue weighted by Crippen LogP contribution is -1.98. The Bertz CT molecular complexity index is 442. The van der Waals surface area contributed by atoms with Crippen LogP contribution in [0.4, 0.5) is 10.2 Å². The summed E-state index contributed by atoms with van der Waals surface area (Å²) in [6.45, 7) is 0. The minimum atomic E-state index is -0.730. The first-order valence-corrected chi connectivity index (χ1v) is 4.11. The number of anilines is 1. The summed E-state index contributed by atoms with van der Waals surface area (Å²) in [5, 5.41) is 0. The van der Waals surface area contributed by atoms with E-state index in [4.69, 9.17) is 5.73 Å². The first-order valence-electron chi connectivity index (χ1n) is 4.11. The van der Waals surface area contributed by atoms with E-state index < -0.39 is 5.95 Å². The second-order valence-electron chi connectivity index (χ2n) is 2.80. The van der Waals surface area contributed by atoms with Crippen molar-refractivity contribution in [2.75, 3.05) is 5.73 Å². The first-order chi connectivity index (χ1) is 6.77. The highest BCUT2D eigenvalue weighted by atomic mass is 19.1. The normalized spacial score (nSPS) is 10.1. The average molecular weight is 189 g/mol. The molecule has 0 saturated carbocycles. The van der Waals surface area contributed by atoms with E-state index in [2.05, 4.69) is 9.97 Å². The van der Waals surface area contributed by atoms with Crippen molar-refractivity contribution in [3.8, 4) is 11.3 Å². The molecule has 0 aliphatic heterocycles. The molecule has 1 aromatic carbocycles. The molecule has 2 rings (SSSR count). The molecule has 0 aliphatic carbocycles. The van der Waals surface area contributed by atoms with Gasteiger partial charge in [0.25, 0.3) is 5.95 Å². The standard InChI is InChI=1S/C10H8FN3/c11-9-10(12)13-6-8(14-9)7-4-2-1-3-5-7/h1-6H,(H2,12,13). The van der Waals surface area contributed by atoms with Crippen LogP contribution in [-0.2, 0) is 0 Å². The van der Waals surface area contributed by atoms with E-state index in [0.717, 1.165) is 5.56 Å². The van der Waals surface area contributed by atoms with Crippen molar-refractivity contribution in [3.63, 3.8) is 0 Å². The molecular formula is C10H8FN3. The smallest absolute Gasteiger partial charge is 0.256 e. The fourth-order valence-electron chi connectivity index (χ4n) is 1.12. The summed E-state index contributed by atoms with van der Waals surface area (Å²) in [5.41, 5.74) is 6.52. The van der Waals surface area contributed by atoms with E-state index in [9.17, 15) is 4.39 Å². The minimum Gasteiger partial charge on any atom is -0.380 e. The Hall–Kier alpha value is -1.97. The summed E-state index contributed by atoms with van der Waals surface area (Å²) in [4.78, 5) is 7.38. The van der Waals surface area contributed by atoms with Crippen LogP contribution in [0.1, 0.15) is 0 Å². The Morgan fingerprint density at radius 2 is 1.86 bits per heavy atom. The van der Waals surface area contributed by atoms with Crippen molar-refractivity contribution in [2.45, 2.75) is 0 Å². The van der Waals surface area contributed by atoms with Gasteiger partial charge >= 0.3 is 0 Å². The predicted molar refractivity (Wildman–Crippen MR) is 51.8 cm³/mol. The Morgan fingerprint density at radius 3 is 2.50 bits per heavy atom. The summed E-state index contributed by atoms with van der Waals surface area (Å²) in [5.74, 6) is -0.906. The van der Waals surface area contributed by atoms with Gasteiger partial charge in [0, 0.05) is 5.56 Å². The summed E-state index contributed by atoms with van der Waals surface area (Å²) in [7, 11) is 0. The van der Waals surface area contributed by atoms with Gasteiger partial charge in [0.05, 0.1) is 11.9 Å². The molecule has 0 unspecified atom stereocenters. The average Bonchev–Trinajstić information content (AvgIpc) is 2.23. The van der Waals surface area contributed by atoms with Gasteiger partial charge in [0.1, 0.15) is 0 Å². The third-order valence-corrected chi connectivity index (χ3v) is 1.83. The van der Waals surface area contributed by atoms with Gasteiger partial charge in [-0.25, -0.2) is 9.97 Å². The largest absolute Gasteiger partial charge is 0.380 e. The van der Waals surface area contributed by atoms with Crippen LogP contribution in [0.2, 0.25) is 0 Å². The monoisotopic (exact) mass is 189 g/mol. The fraction of sp³-hybridized carbons (Fsp3) is 0. The summed E-state index contributed by atoms with van der Waals surface area (Å²) in [6, 6.07) is 9.25. The van der Waals surface area contributed by atoms with Gasteiger partial charge in [0.2, 0.25) is 0 Å². The Labute approximate surface area is 80.4 Å². The second kappa shape index (κ2) is 3.41. The zero-order valence-corrected chi connectivity index (χ0v) is 7.31. The minimum absolute atomic E-state index is 0.176. The van der Waals surface area contributed by atoms with E-state index in [0.29, 0.717) is 5.69 Å². The van der Waals surface area contributed by atoms with E-state index >= 15 is 0 Å². The van der Waals surface area contributed by atoms with Crippen LogP contribution in [0.15, 0.2) is 36.5 Å². The molecule has 0 saturated heterocycles. The molecule has 0 aliphatic rings. The predicted octanol–water partition coefficient (Wildman–Crippen LogP) is 1.86. The Morgan fingerprint density at radius 1 is 1.14 bits per heavy atom. The van der Waals surface area contributed by atoms with Crippen molar-refractivity contribution < 1.29 is 4.39 Å². The van der Waals surface area contributed by atoms with Crippen molar-refractivity contribution in [2.24, 2.45) is 0 Å². The topological polar surface area (TPSA) is 51.8 Å². The van der Waals surface area contributed by atoms with E-state index in [-0.39, 0.29) is 5.82 Å². The van der Waals surface area contributed by atoms with Gasteiger partial charge in [0.15, 0.2) is 5.82 Å². The lowest BCUT2D eigenvalue weighted by molar-refractivity contribution is 0.584. The lowest BCUT2D eigenvalue weighted by atomic mass is 10.2. The van der Waals surface area contributed by atoms with Crippen LogP contribution in [0.5, 0.6) is 0 Å². The highest BCUT2D eigenvalue weighted by molar-refractivity contribution is 5.58. The summed E-state index contributed by atoms with van der Waals surface area (Å²) in [6.07, 6.45) is 1.45. The van der Waals surface area contributed by atoms with Crippen molar-refractivity contribution in [1.82, 2.24) is 9.97 Å². The molecule has 0 atom stereocenters. The van der Waals surface area contributed by atoms with E-state index in [1.165, 1.54) is 6.20 Å². The lowest BCUT2D eigenvalue weighted by Gasteiger charge is -2.00. The van der Waals surface area contributed by atoms with E-state index in [1.807, 2.05) is 30.3 Å². The summed E-state index contributed by atoms with van der Waals surface area (Å²) >= 11 is 0. The molecule has 2 aromatic rings. The number of nitrogen functional groups attached to an aromatic ring is 1. The van der Waals surface area contributed by atoms with Crippen LogP contribution < -0.4 is 5.73 Å². The Balaban J connectivity index is 2.48. The van der Waals surface area contributed by atoms with Gasteiger partial charge in [-0.3, -0.25) is 0 Å². The number of halogens is 1. The number of benzene rings is 1. The molecule has 70 valence electrons. The maximum Gasteiger partial charge on any atom is 0.256 e. The molecule has 0 spiro atoms. The molecule has 0 bridgehead atoms. The molecule has 2 N–H and O–H groups in total. The van der Waals surface area contributed by atoms with Crippen molar-refractivity contribution in [1.29, 1.82) is 0 Å².